The van der Waals surface area contributed by atoms with E-state index in [-0.39, 0.29) is 19.6 Å². The number of aromatic nitrogens is 1. The molecule has 7 heteroatoms. The van der Waals surface area contributed by atoms with Crippen LogP contribution < -0.4 is 10.6 Å². The Morgan fingerprint density at radius 3 is 2.68 bits per heavy atom. The summed E-state index contributed by atoms with van der Waals surface area (Å²) in [5.74, 6) is -1.18. The van der Waals surface area contributed by atoms with Crippen LogP contribution in [0.5, 0.6) is 0 Å². The summed E-state index contributed by atoms with van der Waals surface area (Å²) >= 11 is 0. The summed E-state index contributed by atoms with van der Waals surface area (Å²) in [5.41, 5.74) is 1.69. The molecule has 1 aromatic heterocycles. The molecule has 1 rings (SSSR count). The second-order valence-corrected chi connectivity index (χ2v) is 4.04. The Balaban J connectivity index is 2.42. The molecule has 7 nitrogen and oxygen atoms in total. The maximum atomic E-state index is 11.5. The lowest BCUT2D eigenvalue weighted by molar-refractivity contribution is -0.139. The standard InChI is InChI=1S/C12H17N3O4/c1-8-2-3-9(6-13-8)7-14-12(19)15-10(4-5-16)11(17)18/h2-3,6,10,16H,4-5,7H2,1H3,(H,17,18)(H2,14,15,19)/t10-/m1/s1. The van der Waals surface area contributed by atoms with E-state index in [0.29, 0.717) is 0 Å². The van der Waals surface area contributed by atoms with Crippen molar-refractivity contribution in [2.75, 3.05) is 6.61 Å². The number of aliphatic carboxylic acids is 1. The van der Waals surface area contributed by atoms with Crippen molar-refractivity contribution < 1.29 is 19.8 Å². The summed E-state index contributed by atoms with van der Waals surface area (Å²) in [5, 5.41) is 22.3. The van der Waals surface area contributed by atoms with Gasteiger partial charge in [-0.1, -0.05) is 6.07 Å². The number of aliphatic hydroxyl groups excluding tert-OH is 1. The molecule has 0 bridgehead atoms. The number of nitrogens with one attached hydrogen (secondary N) is 2. The Bertz CT molecular complexity index is 433. The third kappa shape index (κ3) is 5.35. The molecule has 2 amide bonds. The summed E-state index contributed by atoms with van der Waals surface area (Å²) in [6, 6.07) is 1.95. The summed E-state index contributed by atoms with van der Waals surface area (Å²) in [4.78, 5) is 26.3. The molecule has 0 aromatic carbocycles. The van der Waals surface area contributed by atoms with E-state index in [2.05, 4.69) is 15.6 Å². The minimum Gasteiger partial charge on any atom is -0.480 e. The van der Waals surface area contributed by atoms with Gasteiger partial charge in [0.05, 0.1) is 0 Å². The third-order valence-corrected chi connectivity index (χ3v) is 2.45. The number of carboxylic acid groups (broad SMARTS) is 1. The highest BCUT2D eigenvalue weighted by Gasteiger charge is 2.18. The fourth-order valence-electron chi connectivity index (χ4n) is 1.38. The highest BCUT2D eigenvalue weighted by Crippen LogP contribution is 1.98. The van der Waals surface area contributed by atoms with Crippen molar-refractivity contribution in [3.63, 3.8) is 0 Å². The van der Waals surface area contributed by atoms with Crippen LogP contribution in [0.2, 0.25) is 0 Å². The predicted octanol–water partition coefficient (Wildman–Crippen LogP) is 0.0248. The summed E-state index contributed by atoms with van der Waals surface area (Å²) in [6.45, 7) is 1.81. The number of aryl methyl sites for hydroxylation is 1. The van der Waals surface area contributed by atoms with E-state index in [1.54, 1.807) is 6.20 Å². The molecule has 0 aliphatic rings. The Labute approximate surface area is 110 Å². The molecule has 4 N–H and O–H groups in total. The number of aliphatic hydroxyl groups is 1. The highest BCUT2D eigenvalue weighted by molar-refractivity contribution is 5.82. The van der Waals surface area contributed by atoms with Crippen molar-refractivity contribution in [1.82, 2.24) is 15.6 Å². The zero-order chi connectivity index (χ0) is 14.3. The van der Waals surface area contributed by atoms with Crippen LogP contribution in [0.15, 0.2) is 18.3 Å². The first-order valence-electron chi connectivity index (χ1n) is 5.82. The number of hydrogen-bond donors (Lipinski definition) is 4. The molecule has 0 aliphatic carbocycles. The molecule has 0 aliphatic heterocycles. The molecule has 104 valence electrons. The van der Waals surface area contributed by atoms with Crippen LogP contribution in [0.4, 0.5) is 4.79 Å². The maximum absolute atomic E-state index is 11.5. The van der Waals surface area contributed by atoms with Crippen LogP contribution >= 0.6 is 0 Å². The van der Waals surface area contributed by atoms with Crippen LogP contribution in [0, 0.1) is 6.92 Å². The van der Waals surface area contributed by atoms with E-state index in [9.17, 15) is 9.59 Å². The Morgan fingerprint density at radius 1 is 1.42 bits per heavy atom. The number of carboxylic acids is 1. The minimum absolute atomic E-state index is 0.0329. The lowest BCUT2D eigenvalue weighted by Gasteiger charge is -2.13. The molecule has 1 aromatic rings. The van der Waals surface area contributed by atoms with Gasteiger partial charge in [-0.15, -0.1) is 0 Å². The van der Waals surface area contributed by atoms with Gasteiger partial charge in [0.15, 0.2) is 0 Å². The summed E-state index contributed by atoms with van der Waals surface area (Å²) in [6.07, 6.45) is 1.60. The van der Waals surface area contributed by atoms with Crippen LogP contribution in [0.25, 0.3) is 0 Å². The van der Waals surface area contributed by atoms with Gasteiger partial charge in [-0.25, -0.2) is 9.59 Å². The van der Waals surface area contributed by atoms with Gasteiger partial charge in [0.1, 0.15) is 6.04 Å². The first kappa shape index (κ1) is 14.9. The third-order valence-electron chi connectivity index (χ3n) is 2.45. The van der Waals surface area contributed by atoms with Crippen molar-refractivity contribution in [2.24, 2.45) is 0 Å². The van der Waals surface area contributed by atoms with E-state index >= 15 is 0 Å². The second-order valence-electron chi connectivity index (χ2n) is 4.04. The van der Waals surface area contributed by atoms with E-state index in [1.165, 1.54) is 0 Å². The number of amides is 2. The number of carbonyl (C=O) groups excluding carboxylic acids is 1. The molecule has 1 atom stereocenters. The minimum atomic E-state index is -1.18. The molecule has 0 saturated heterocycles. The Morgan fingerprint density at radius 2 is 2.16 bits per heavy atom. The number of rotatable bonds is 6. The van der Waals surface area contributed by atoms with Gasteiger partial charge in [0.2, 0.25) is 0 Å². The number of nitrogens with zero attached hydrogens (tertiary/aromatic N) is 1. The van der Waals surface area contributed by atoms with E-state index < -0.39 is 18.0 Å². The second kappa shape index (κ2) is 7.32. The molecule has 0 fully saturated rings. The van der Waals surface area contributed by atoms with E-state index in [0.717, 1.165) is 11.3 Å². The largest absolute Gasteiger partial charge is 0.480 e. The number of hydrogen-bond acceptors (Lipinski definition) is 4. The SMILES string of the molecule is Cc1ccc(CNC(=O)N[C@H](CCO)C(=O)O)cn1. The van der Waals surface area contributed by atoms with Crippen LogP contribution in [-0.4, -0.2) is 39.8 Å². The van der Waals surface area contributed by atoms with Gasteiger partial charge in [-0.2, -0.15) is 0 Å². The predicted molar refractivity (Wildman–Crippen MR) is 67.5 cm³/mol. The maximum Gasteiger partial charge on any atom is 0.326 e. The smallest absolute Gasteiger partial charge is 0.326 e. The molecule has 0 spiro atoms. The Hall–Kier alpha value is -2.15. The first-order valence-corrected chi connectivity index (χ1v) is 5.82. The van der Waals surface area contributed by atoms with E-state index in [4.69, 9.17) is 10.2 Å². The zero-order valence-electron chi connectivity index (χ0n) is 10.6. The lowest BCUT2D eigenvalue weighted by Crippen LogP contribution is -2.46. The molecule has 0 radical (unpaired) electrons. The van der Waals surface area contributed by atoms with Crippen molar-refractivity contribution >= 4 is 12.0 Å². The number of carbonyl (C=O) groups is 2. The molecular weight excluding hydrogens is 250 g/mol. The lowest BCUT2D eigenvalue weighted by atomic mass is 10.2. The van der Waals surface area contributed by atoms with E-state index in [1.807, 2.05) is 19.1 Å². The number of urea groups is 1. The fraction of sp³-hybridized carbons (Fsp3) is 0.417. The zero-order valence-corrected chi connectivity index (χ0v) is 10.6. The van der Waals surface area contributed by atoms with Crippen molar-refractivity contribution in [2.45, 2.75) is 25.9 Å². The molecule has 19 heavy (non-hydrogen) atoms. The van der Waals surface area contributed by atoms with Gasteiger partial charge < -0.3 is 20.8 Å². The molecule has 1 heterocycles. The number of pyridine rings is 1. The monoisotopic (exact) mass is 267 g/mol. The quantitative estimate of drug-likeness (QED) is 0.581. The topological polar surface area (TPSA) is 112 Å². The Kier molecular flexibility index (Phi) is 5.74. The van der Waals surface area contributed by atoms with Crippen LogP contribution in [-0.2, 0) is 11.3 Å². The van der Waals surface area contributed by atoms with Gasteiger partial charge in [-0.3, -0.25) is 4.98 Å². The van der Waals surface area contributed by atoms with Gasteiger partial charge >= 0.3 is 12.0 Å². The van der Waals surface area contributed by atoms with Gasteiger partial charge in [-0.05, 0) is 18.6 Å². The van der Waals surface area contributed by atoms with Gasteiger partial charge in [0, 0.05) is 31.5 Å². The average Bonchev–Trinajstić information content (AvgIpc) is 2.37. The van der Waals surface area contributed by atoms with Crippen molar-refractivity contribution in [3.05, 3.63) is 29.6 Å². The van der Waals surface area contributed by atoms with Crippen LogP contribution in [0.1, 0.15) is 17.7 Å². The van der Waals surface area contributed by atoms with Crippen molar-refractivity contribution in [3.8, 4) is 0 Å². The molecule has 0 saturated carbocycles. The first-order chi connectivity index (χ1) is 9.02. The van der Waals surface area contributed by atoms with Gasteiger partial charge in [0.25, 0.3) is 0 Å². The molecule has 0 unspecified atom stereocenters. The summed E-state index contributed by atoms with van der Waals surface area (Å²) in [7, 11) is 0. The highest BCUT2D eigenvalue weighted by atomic mass is 16.4. The fourth-order valence-corrected chi connectivity index (χ4v) is 1.38. The average molecular weight is 267 g/mol. The van der Waals surface area contributed by atoms with Crippen molar-refractivity contribution in [1.29, 1.82) is 0 Å². The normalized spacial score (nSPS) is 11.7. The summed E-state index contributed by atoms with van der Waals surface area (Å²) < 4.78 is 0. The molecular formula is C12H17N3O4. The van der Waals surface area contributed by atoms with Crippen LogP contribution in [0.3, 0.4) is 0 Å².